The first-order valence-electron chi connectivity index (χ1n) is 16.7. The number of ether oxygens (including phenoxy) is 1. The van der Waals surface area contributed by atoms with Crippen LogP contribution in [0.15, 0.2) is 64.1 Å². The van der Waals surface area contributed by atoms with Gasteiger partial charge in [0, 0.05) is 31.4 Å². The van der Waals surface area contributed by atoms with E-state index in [-0.39, 0.29) is 34.4 Å². The number of aryl methyl sites for hydroxylation is 1. The number of carboxylic acids is 2. The highest BCUT2D eigenvalue weighted by molar-refractivity contribution is 8.01. The first-order chi connectivity index (χ1) is 27.2. The number of allylic oxidation sites excluding steroid dienone is 2. The molecule has 0 unspecified atom stereocenters. The summed E-state index contributed by atoms with van der Waals surface area (Å²) in [7, 11) is 2.96. The molecule has 6 rings (SSSR count). The number of rotatable bonds is 14. The summed E-state index contributed by atoms with van der Waals surface area (Å²) in [6.45, 7) is 1.77. The van der Waals surface area contributed by atoms with E-state index >= 15 is 0 Å². The Hall–Kier alpha value is -5.06. The molecule has 0 spiro atoms. The number of tetrazole rings is 1. The number of nitrogens with two attached hydrogens (primary N) is 1. The number of aromatic hydroxyl groups is 1. The SMILES string of the molecule is C/C=C/C1=C(C(=O)O)N2C(=O)[C@@H](NC(=O)[C@H](N)c3ccc(O)cc3)[C@H]2SC1.CO[C@@]1(NC(=O)CSCC#N)C(=O)N2C(C(=O)O)=C(CSc3nnnn3C)CS[C@@H]21. The molecule has 4 aliphatic rings. The number of carboxylic acid groups (broad SMARTS) is 2. The van der Waals surface area contributed by atoms with E-state index in [0.29, 0.717) is 33.4 Å². The molecule has 2 saturated heterocycles. The number of phenols is 1. The number of nitriles is 1. The predicted octanol–water partition coefficient (Wildman–Crippen LogP) is -0.0216. The Morgan fingerprint density at radius 1 is 1.14 bits per heavy atom. The van der Waals surface area contributed by atoms with Gasteiger partial charge in [0.2, 0.25) is 17.0 Å². The number of nitrogens with one attached hydrogen (secondary N) is 2. The Labute approximate surface area is 341 Å². The number of amides is 4. The lowest BCUT2D eigenvalue weighted by atomic mass is 9.98. The number of nitrogens with zero attached hydrogens (tertiary/aromatic N) is 7. The first-order valence-corrected chi connectivity index (χ1v) is 20.9. The molecule has 0 radical (unpaired) electrons. The maximum Gasteiger partial charge on any atom is 0.352 e. The van der Waals surface area contributed by atoms with Gasteiger partial charge < -0.3 is 36.4 Å². The van der Waals surface area contributed by atoms with Crippen molar-refractivity contribution < 1.29 is 48.8 Å². The van der Waals surface area contributed by atoms with Crippen molar-refractivity contribution in [2.24, 2.45) is 12.8 Å². The molecule has 5 heterocycles. The van der Waals surface area contributed by atoms with Gasteiger partial charge in [0.05, 0.1) is 17.6 Å². The van der Waals surface area contributed by atoms with Crippen LogP contribution in [-0.2, 0) is 40.6 Å². The number of hydrogen-bond donors (Lipinski definition) is 6. The van der Waals surface area contributed by atoms with Crippen molar-refractivity contribution in [1.29, 1.82) is 5.26 Å². The molecule has 20 nitrogen and oxygen atoms in total. The molecule has 24 heteroatoms. The zero-order chi connectivity index (χ0) is 41.6. The van der Waals surface area contributed by atoms with Crippen LogP contribution >= 0.6 is 47.0 Å². The van der Waals surface area contributed by atoms with Crippen LogP contribution in [0.2, 0.25) is 0 Å². The van der Waals surface area contributed by atoms with Crippen LogP contribution in [0.3, 0.4) is 0 Å². The Kier molecular flexibility index (Phi) is 14.0. The molecule has 1 aromatic heterocycles. The lowest BCUT2D eigenvalue weighted by Crippen LogP contribution is -2.80. The van der Waals surface area contributed by atoms with E-state index in [0.717, 1.165) is 16.7 Å². The second-order valence-corrected chi connectivity index (χ2v) is 16.4. The third kappa shape index (κ3) is 8.77. The van der Waals surface area contributed by atoms with Crippen molar-refractivity contribution in [2.75, 3.05) is 35.9 Å². The Morgan fingerprint density at radius 2 is 1.84 bits per heavy atom. The normalized spacial score (nSPS) is 23.0. The quantitative estimate of drug-likeness (QED) is 0.0629. The predicted molar refractivity (Wildman–Crippen MR) is 208 cm³/mol. The summed E-state index contributed by atoms with van der Waals surface area (Å²) in [5, 5.41) is 52.7. The lowest BCUT2D eigenvalue weighted by molar-refractivity contribution is -0.192. The van der Waals surface area contributed by atoms with Crippen molar-refractivity contribution in [3.05, 3.63) is 64.5 Å². The molecule has 5 atom stereocenters. The van der Waals surface area contributed by atoms with E-state index in [1.807, 2.05) is 6.07 Å². The van der Waals surface area contributed by atoms with Crippen molar-refractivity contribution in [3.63, 3.8) is 0 Å². The number of aliphatic carboxylic acids is 2. The minimum atomic E-state index is -1.64. The van der Waals surface area contributed by atoms with Crippen LogP contribution in [-0.4, -0.2) is 139 Å². The summed E-state index contributed by atoms with van der Waals surface area (Å²) in [6.07, 6.45) is 3.39. The highest BCUT2D eigenvalue weighted by Crippen LogP contribution is 2.47. The molecule has 0 aliphatic carbocycles. The van der Waals surface area contributed by atoms with Crippen LogP contribution in [0.5, 0.6) is 5.75 Å². The second kappa shape index (κ2) is 18.5. The number of aromatic nitrogens is 4. The maximum atomic E-state index is 12.9. The molecule has 0 bridgehead atoms. The number of fused-ring (bicyclic) bond motifs is 2. The van der Waals surface area contributed by atoms with Gasteiger partial charge >= 0.3 is 11.9 Å². The van der Waals surface area contributed by atoms with Crippen molar-refractivity contribution in [3.8, 4) is 11.8 Å². The van der Waals surface area contributed by atoms with Crippen LogP contribution < -0.4 is 16.4 Å². The van der Waals surface area contributed by atoms with Crippen LogP contribution in [0.4, 0.5) is 0 Å². The Balaban J connectivity index is 0.000000219. The van der Waals surface area contributed by atoms with Gasteiger partial charge in [-0.25, -0.2) is 14.3 Å². The molecule has 0 saturated carbocycles. The fourth-order valence-corrected chi connectivity index (χ4v) is 10.2. The van der Waals surface area contributed by atoms with Gasteiger partial charge in [0.1, 0.15) is 40.0 Å². The smallest absolute Gasteiger partial charge is 0.352 e. The number of carbonyl (C=O) groups excluding carboxylic acids is 4. The van der Waals surface area contributed by atoms with Crippen molar-refractivity contribution >= 4 is 82.6 Å². The van der Waals surface area contributed by atoms with E-state index in [9.17, 15) is 44.1 Å². The van der Waals surface area contributed by atoms with E-state index < -0.39 is 64.1 Å². The zero-order valence-corrected chi connectivity index (χ0v) is 33.6. The van der Waals surface area contributed by atoms with Crippen molar-refractivity contribution in [1.82, 2.24) is 40.6 Å². The molecule has 4 amide bonds. The summed E-state index contributed by atoms with van der Waals surface area (Å²) in [5.41, 5.74) is 5.73. The van der Waals surface area contributed by atoms with Gasteiger partial charge in [-0.1, -0.05) is 36.0 Å². The minimum absolute atomic E-state index is 0.0153. The number of phenolic OH excluding ortho intramolecular Hbond substituents is 1. The molecular formula is C33H36N10O10S4. The van der Waals surface area contributed by atoms with E-state index in [4.69, 9.17) is 15.7 Å². The van der Waals surface area contributed by atoms with Crippen LogP contribution in [0.1, 0.15) is 18.5 Å². The molecule has 4 aliphatic heterocycles. The van der Waals surface area contributed by atoms with Gasteiger partial charge in [-0.2, -0.15) is 5.26 Å². The summed E-state index contributed by atoms with van der Waals surface area (Å²) >= 11 is 5.06. The highest BCUT2D eigenvalue weighted by atomic mass is 32.2. The molecule has 7 N–H and O–H groups in total. The third-order valence-corrected chi connectivity index (χ3v) is 13.3. The Morgan fingerprint density at radius 3 is 2.44 bits per heavy atom. The number of carbonyl (C=O) groups is 6. The van der Waals surface area contributed by atoms with Gasteiger partial charge in [-0.15, -0.1) is 40.4 Å². The second-order valence-electron chi connectivity index (χ2n) is 12.3. The topological polar surface area (TPSA) is 296 Å². The number of methoxy groups -OCH3 is 1. The van der Waals surface area contributed by atoms with Gasteiger partial charge in [0.25, 0.3) is 17.5 Å². The van der Waals surface area contributed by atoms with Gasteiger partial charge in [-0.05, 0) is 46.2 Å². The number of thioether (sulfide) groups is 4. The zero-order valence-electron chi connectivity index (χ0n) is 30.3. The maximum absolute atomic E-state index is 12.9. The molecular weight excluding hydrogens is 825 g/mol. The average molecular weight is 861 g/mol. The fraction of sp³-hybridized carbons (Fsp3) is 0.394. The summed E-state index contributed by atoms with van der Waals surface area (Å²) < 4.78 is 6.83. The third-order valence-electron chi connectivity index (χ3n) is 8.72. The fourth-order valence-electron chi connectivity index (χ4n) is 6.03. The lowest BCUT2D eigenvalue weighted by Gasteiger charge is -2.55. The van der Waals surface area contributed by atoms with Gasteiger partial charge in [-0.3, -0.25) is 29.0 Å². The highest BCUT2D eigenvalue weighted by Gasteiger charge is 2.66. The van der Waals surface area contributed by atoms with E-state index in [2.05, 4.69) is 26.2 Å². The standard InChI is InChI=1S/C18H19N3O5S.C15H17N7O5S3/c1-2-3-10-8-27-17-13(16(24)21(17)14(10)18(25)26)20-15(23)12(19)9-4-6-11(22)7-5-9;1-21-14(18-19-20-21)30-6-8-5-29-13-15(27-2,17-9(23)7-28-4-3-16)12(26)22(13)10(8)11(24)25/h2-7,12-13,17,22H,8,19H2,1H3,(H,20,23)(H,25,26);13H,4-7H2,1-2H3,(H,17,23)(H,24,25)/b3-2+;/t12-,13-,17-;13-,15+/m11/s1. The summed E-state index contributed by atoms with van der Waals surface area (Å²) in [5.74, 6) is -3.32. The monoisotopic (exact) mass is 860 g/mol. The van der Waals surface area contributed by atoms with Crippen LogP contribution in [0, 0.1) is 11.3 Å². The van der Waals surface area contributed by atoms with E-state index in [1.165, 1.54) is 76.2 Å². The van der Waals surface area contributed by atoms with Crippen molar-refractivity contribution in [2.45, 2.75) is 40.6 Å². The molecule has 2 aromatic rings. The number of β-lactam (4-membered cyclic amide) rings is 2. The Bertz CT molecular complexity index is 2090. The minimum Gasteiger partial charge on any atom is -0.508 e. The van der Waals surface area contributed by atoms with Gasteiger partial charge in [0.15, 0.2) is 0 Å². The molecule has 2 fully saturated rings. The largest absolute Gasteiger partial charge is 0.508 e. The molecule has 302 valence electrons. The number of hydrogen-bond acceptors (Lipinski definition) is 17. The molecule has 1 aromatic carbocycles. The number of benzene rings is 1. The molecule has 57 heavy (non-hydrogen) atoms. The summed E-state index contributed by atoms with van der Waals surface area (Å²) in [4.78, 5) is 76.0. The first kappa shape index (κ1) is 43.1. The summed E-state index contributed by atoms with van der Waals surface area (Å²) in [6, 6.07) is 5.97. The average Bonchev–Trinajstić information content (AvgIpc) is 3.61. The van der Waals surface area contributed by atoms with E-state index in [1.54, 1.807) is 26.1 Å². The van der Waals surface area contributed by atoms with Crippen LogP contribution in [0.25, 0.3) is 0 Å².